The minimum absolute atomic E-state index is 0.0200. The zero-order valence-corrected chi connectivity index (χ0v) is 42.2. The Bertz CT molecular complexity index is 3610. The lowest BCUT2D eigenvalue weighted by atomic mass is 9.33. The van der Waals surface area contributed by atoms with Crippen LogP contribution in [0, 0.1) is 6.92 Å². The molecule has 1 fully saturated rings. The van der Waals surface area contributed by atoms with Crippen LogP contribution in [0.2, 0.25) is 0 Å². The third-order valence-corrected chi connectivity index (χ3v) is 17.1. The summed E-state index contributed by atoms with van der Waals surface area (Å²) in [7, 11) is 0. The minimum Gasteiger partial charge on any atom is -0.456 e. The smallest absolute Gasteiger partial charge is 0.252 e. The van der Waals surface area contributed by atoms with E-state index >= 15 is 0 Å². The Morgan fingerprint density at radius 3 is 1.94 bits per heavy atom. The number of hydrogen-bond donors (Lipinski definition) is 0. The van der Waals surface area contributed by atoms with Crippen LogP contribution in [-0.4, -0.2) is 12.3 Å². The number of furan rings is 1. The summed E-state index contributed by atoms with van der Waals surface area (Å²) in [6.45, 7) is 21.4. The second-order valence-electron chi connectivity index (χ2n) is 23.4. The number of hydrogen-bond acceptors (Lipinski definition) is 4. The van der Waals surface area contributed by atoms with E-state index in [9.17, 15) is 0 Å². The largest absolute Gasteiger partial charge is 0.456 e. The molecule has 4 aliphatic rings. The molecule has 0 bridgehead atoms. The molecule has 4 nitrogen and oxygen atoms in total. The molecule has 0 N–H and O–H groups in total. The molecule has 346 valence electrons. The van der Waals surface area contributed by atoms with E-state index in [1.165, 1.54) is 109 Å². The molecule has 2 unspecified atom stereocenters. The molecule has 8 aromatic carbocycles. The lowest BCUT2D eigenvalue weighted by molar-refractivity contribution is 0.195. The van der Waals surface area contributed by atoms with E-state index in [-0.39, 0.29) is 28.5 Å². The van der Waals surface area contributed by atoms with E-state index in [1.54, 1.807) is 0 Å². The van der Waals surface area contributed by atoms with E-state index in [4.69, 9.17) is 4.42 Å². The van der Waals surface area contributed by atoms with E-state index < -0.39 is 0 Å². The van der Waals surface area contributed by atoms with Gasteiger partial charge in [-0.1, -0.05) is 152 Å². The molecular weight excluding hydrogens is 850 g/mol. The first-order valence-corrected chi connectivity index (χ1v) is 25.7. The van der Waals surface area contributed by atoms with Crippen LogP contribution in [0.3, 0.4) is 0 Å². The lowest BCUT2D eigenvalue weighted by Crippen LogP contribution is -2.61. The highest BCUT2D eigenvalue weighted by atomic mass is 16.3. The minimum atomic E-state index is -0.0719. The number of fused-ring (bicyclic) bond motifs is 10. The summed E-state index contributed by atoms with van der Waals surface area (Å²) in [5, 5.41) is 2.26. The van der Waals surface area contributed by atoms with Gasteiger partial charge in [0.2, 0.25) is 0 Å². The lowest BCUT2D eigenvalue weighted by Gasteiger charge is -2.50. The molecule has 4 heterocycles. The van der Waals surface area contributed by atoms with Crippen molar-refractivity contribution in [3.8, 4) is 11.1 Å². The number of anilines is 8. The molecule has 9 aromatic rings. The zero-order chi connectivity index (χ0) is 48.1. The van der Waals surface area contributed by atoms with Crippen molar-refractivity contribution in [3.05, 3.63) is 186 Å². The number of aryl methyl sites for hydroxylation is 1. The summed E-state index contributed by atoms with van der Waals surface area (Å²) in [4.78, 5) is 7.95. The molecule has 1 saturated carbocycles. The number of nitrogens with zero attached hydrogens (tertiary/aromatic N) is 3. The molecule has 3 aliphatic heterocycles. The highest BCUT2D eigenvalue weighted by Gasteiger charge is 2.58. The Kier molecular flexibility index (Phi) is 9.24. The molecule has 70 heavy (non-hydrogen) atoms. The fourth-order valence-corrected chi connectivity index (χ4v) is 13.3. The Morgan fingerprint density at radius 1 is 0.500 bits per heavy atom. The topological polar surface area (TPSA) is 22.9 Å². The first kappa shape index (κ1) is 43.1. The van der Waals surface area contributed by atoms with Crippen LogP contribution >= 0.6 is 0 Å². The highest BCUT2D eigenvalue weighted by Crippen LogP contribution is 2.61. The fourth-order valence-electron chi connectivity index (χ4n) is 13.3. The van der Waals surface area contributed by atoms with Gasteiger partial charge in [0.05, 0.1) is 11.2 Å². The molecule has 0 amide bonds. The van der Waals surface area contributed by atoms with Gasteiger partial charge < -0.3 is 19.1 Å². The quantitative estimate of drug-likeness (QED) is 0.164. The van der Waals surface area contributed by atoms with Gasteiger partial charge in [0.15, 0.2) is 0 Å². The molecule has 5 heteroatoms. The van der Waals surface area contributed by atoms with Crippen LogP contribution in [0.15, 0.2) is 168 Å². The number of rotatable bonds is 4. The van der Waals surface area contributed by atoms with Gasteiger partial charge in [-0.2, -0.15) is 0 Å². The third-order valence-electron chi connectivity index (χ3n) is 17.1. The van der Waals surface area contributed by atoms with Gasteiger partial charge in [0.1, 0.15) is 11.2 Å². The summed E-state index contributed by atoms with van der Waals surface area (Å²) in [6.07, 6.45) is 4.84. The number of benzene rings is 8. The van der Waals surface area contributed by atoms with Crippen LogP contribution < -0.4 is 31.1 Å². The Labute approximate surface area is 414 Å². The fraction of sp³-hybridized carbons (Fsp3) is 0.262. The highest BCUT2D eigenvalue weighted by molar-refractivity contribution is 7.00. The average Bonchev–Trinajstić information content (AvgIpc) is 3.82. The summed E-state index contributed by atoms with van der Waals surface area (Å²) < 4.78 is 6.49. The van der Waals surface area contributed by atoms with E-state index in [0.717, 1.165) is 34.0 Å². The maximum Gasteiger partial charge on any atom is 0.252 e. The average molecular weight is 912 g/mol. The van der Waals surface area contributed by atoms with Gasteiger partial charge >= 0.3 is 0 Å². The maximum absolute atomic E-state index is 6.49. The van der Waals surface area contributed by atoms with Gasteiger partial charge in [-0.25, -0.2) is 0 Å². The second kappa shape index (κ2) is 15.0. The van der Waals surface area contributed by atoms with Crippen molar-refractivity contribution < 1.29 is 4.42 Å². The van der Waals surface area contributed by atoms with Crippen molar-refractivity contribution in [1.29, 1.82) is 0 Å². The zero-order valence-electron chi connectivity index (χ0n) is 42.2. The van der Waals surface area contributed by atoms with Gasteiger partial charge in [0, 0.05) is 61.6 Å². The van der Waals surface area contributed by atoms with Gasteiger partial charge in [-0.3, -0.25) is 0 Å². The predicted molar refractivity (Wildman–Crippen MR) is 298 cm³/mol. The Balaban J connectivity index is 1.12. The molecule has 0 spiro atoms. The molecule has 13 rings (SSSR count). The summed E-state index contributed by atoms with van der Waals surface area (Å²) >= 11 is 0. The third kappa shape index (κ3) is 6.15. The first-order valence-electron chi connectivity index (χ1n) is 25.7. The summed E-state index contributed by atoms with van der Waals surface area (Å²) in [6, 6.07) is 62.6. The van der Waals surface area contributed by atoms with Crippen molar-refractivity contribution in [2.24, 2.45) is 0 Å². The molecule has 0 saturated heterocycles. The standard InChI is InChI=1S/C65H62BN3O/c1-41-35-57-61-58(36-41)68(53-30-25-43(62(2,3)4)37-48(53)42-19-11-10-12-20-42)55-31-26-44(63(5,6)7)38-52(55)66(61)51-29-27-46(69-54-23-15-14-22-50(54)64(8)33-17-18-34-65(64,69)9)40-56(51)67(57)45-28-32-60-49(39-45)47-21-13-16-24-59(47)70-60/h10-16,19-32,35-40H,17-18,33-34H2,1-9H3. The van der Waals surface area contributed by atoms with E-state index in [1.807, 2.05) is 0 Å². The van der Waals surface area contributed by atoms with Crippen LogP contribution in [0.5, 0.6) is 0 Å². The van der Waals surface area contributed by atoms with E-state index in [2.05, 4.69) is 241 Å². The molecule has 1 aromatic heterocycles. The normalized spacial score (nSPS) is 19.3. The van der Waals surface area contributed by atoms with Crippen molar-refractivity contribution in [2.75, 3.05) is 14.7 Å². The van der Waals surface area contributed by atoms with Crippen molar-refractivity contribution >= 4 is 90.5 Å². The maximum atomic E-state index is 6.49. The SMILES string of the molecule is Cc1cc2c3c(c1)N(c1ccc(C(C)(C)C)cc1-c1ccccc1)c1ccc(C(C)(C)C)cc1B3c1ccc(N3c4ccccc4C4(C)CCCCC34C)cc1N2c1ccc2oc3ccccc3c2c1. The Hall–Kier alpha value is -6.98. The first-order chi connectivity index (χ1) is 33.6. The summed E-state index contributed by atoms with van der Waals surface area (Å²) in [5.41, 5.74) is 23.3. The van der Waals surface area contributed by atoms with Crippen molar-refractivity contribution in [2.45, 2.75) is 110 Å². The van der Waals surface area contributed by atoms with Crippen LogP contribution in [-0.2, 0) is 16.2 Å². The monoisotopic (exact) mass is 911 g/mol. The van der Waals surface area contributed by atoms with Crippen molar-refractivity contribution in [1.82, 2.24) is 0 Å². The van der Waals surface area contributed by atoms with Crippen LogP contribution in [0.25, 0.3) is 33.1 Å². The van der Waals surface area contributed by atoms with Crippen LogP contribution in [0.4, 0.5) is 45.5 Å². The predicted octanol–water partition coefficient (Wildman–Crippen LogP) is 16.0. The Morgan fingerprint density at radius 2 is 1.16 bits per heavy atom. The van der Waals surface area contributed by atoms with Gasteiger partial charge in [0.25, 0.3) is 6.71 Å². The molecule has 2 atom stereocenters. The van der Waals surface area contributed by atoms with E-state index in [0.29, 0.717) is 0 Å². The summed E-state index contributed by atoms with van der Waals surface area (Å²) in [5.74, 6) is 0. The van der Waals surface area contributed by atoms with Crippen LogP contribution in [0.1, 0.15) is 103 Å². The molecular formula is C65H62BN3O. The van der Waals surface area contributed by atoms with Gasteiger partial charge in [-0.15, -0.1) is 0 Å². The van der Waals surface area contributed by atoms with Gasteiger partial charge in [-0.05, 0) is 155 Å². The number of para-hydroxylation sites is 2. The van der Waals surface area contributed by atoms with Crippen molar-refractivity contribution in [3.63, 3.8) is 0 Å². The molecule has 0 radical (unpaired) electrons. The molecule has 1 aliphatic carbocycles. The second-order valence-corrected chi connectivity index (χ2v) is 23.4.